The maximum Gasteiger partial charge on any atom is 0.281 e. The average Bonchev–Trinajstić information content (AvgIpc) is 3.02. The molecule has 1 aliphatic heterocycles. The largest absolute Gasteiger partial charge is 0.492 e. The first-order valence-corrected chi connectivity index (χ1v) is 9.73. The van der Waals surface area contributed by atoms with E-state index in [1.807, 2.05) is 44.2 Å². The number of para-hydroxylation sites is 1. The Bertz CT molecular complexity index is 1090. The number of carbonyl (C=O) groups is 2. The van der Waals surface area contributed by atoms with Crippen molar-refractivity contribution in [1.82, 2.24) is 15.8 Å². The number of nitrogens with zero attached hydrogens (tertiary/aromatic N) is 1. The number of hydrazine groups is 1. The summed E-state index contributed by atoms with van der Waals surface area (Å²) in [4.78, 5) is 30.5. The van der Waals surface area contributed by atoms with Gasteiger partial charge in [0.15, 0.2) is 0 Å². The first-order chi connectivity index (χ1) is 13.4. The van der Waals surface area contributed by atoms with Crippen molar-refractivity contribution in [2.75, 3.05) is 12.3 Å². The summed E-state index contributed by atoms with van der Waals surface area (Å²) in [6.07, 6.45) is 0.561. The number of fused-ring (bicyclic) bond motifs is 2. The minimum absolute atomic E-state index is 0.270. The molecule has 2 aromatic heterocycles. The Morgan fingerprint density at radius 2 is 2.04 bits per heavy atom. The van der Waals surface area contributed by atoms with Crippen LogP contribution in [0.2, 0.25) is 0 Å². The zero-order valence-corrected chi connectivity index (χ0v) is 16.4. The Morgan fingerprint density at radius 3 is 2.86 bits per heavy atom. The molecule has 0 radical (unpaired) electrons. The van der Waals surface area contributed by atoms with E-state index in [1.165, 1.54) is 11.3 Å². The Labute approximate surface area is 165 Å². The third-order valence-electron chi connectivity index (χ3n) is 4.78. The Balaban J connectivity index is 1.45. The molecule has 1 aromatic carbocycles. The van der Waals surface area contributed by atoms with Crippen molar-refractivity contribution >= 4 is 39.1 Å². The van der Waals surface area contributed by atoms with E-state index >= 15 is 0 Å². The maximum absolute atomic E-state index is 12.6. The van der Waals surface area contributed by atoms with Crippen molar-refractivity contribution in [3.8, 4) is 5.75 Å². The van der Waals surface area contributed by atoms with Gasteiger partial charge in [0.25, 0.3) is 5.91 Å². The molecular formula is C20H20N4O3S. The molecule has 0 fully saturated rings. The molecule has 0 aliphatic carbocycles. The van der Waals surface area contributed by atoms with Gasteiger partial charge in [0, 0.05) is 11.1 Å². The topological polar surface area (TPSA) is 106 Å². The van der Waals surface area contributed by atoms with E-state index in [4.69, 9.17) is 10.5 Å². The van der Waals surface area contributed by atoms with Crippen LogP contribution >= 0.6 is 11.3 Å². The molecule has 0 unspecified atom stereocenters. The lowest BCUT2D eigenvalue weighted by atomic mass is 9.96. The van der Waals surface area contributed by atoms with Gasteiger partial charge in [-0.25, -0.2) is 4.98 Å². The number of pyridine rings is 1. The quantitative estimate of drug-likeness (QED) is 0.577. The van der Waals surface area contributed by atoms with Gasteiger partial charge in [-0.15, -0.1) is 11.3 Å². The number of hydrogen-bond acceptors (Lipinski definition) is 6. The third-order valence-corrected chi connectivity index (χ3v) is 5.88. The number of aryl methyl sites for hydroxylation is 2. The van der Waals surface area contributed by atoms with Crippen LogP contribution in [0.15, 0.2) is 30.3 Å². The zero-order valence-electron chi connectivity index (χ0n) is 15.5. The van der Waals surface area contributed by atoms with Crippen molar-refractivity contribution in [1.29, 1.82) is 0 Å². The molecule has 1 aliphatic rings. The SMILES string of the molecule is Cc1cc(C)c2c(N)c(C(=O)NNC(=O)[C@H]3COc4ccccc4C3)sc2n1. The van der Waals surface area contributed by atoms with Gasteiger partial charge in [-0.05, 0) is 43.5 Å². The standard InChI is InChI=1S/C20H20N4O3S/c1-10-7-11(2)22-20-15(10)16(21)17(28-20)19(26)24-23-18(25)13-8-12-5-3-4-6-14(12)27-9-13/h3-7,13H,8-9,21H2,1-2H3,(H,23,25)(H,24,26)/t13-/m1/s1. The molecular weight excluding hydrogens is 376 g/mol. The first kappa shape index (κ1) is 18.2. The van der Waals surface area contributed by atoms with Crippen LogP contribution in [0.25, 0.3) is 10.2 Å². The number of nitrogen functional groups attached to an aromatic ring is 1. The zero-order chi connectivity index (χ0) is 19.8. The highest BCUT2D eigenvalue weighted by Crippen LogP contribution is 2.34. The fraction of sp³-hybridized carbons (Fsp3) is 0.250. The summed E-state index contributed by atoms with van der Waals surface area (Å²) in [5, 5.41) is 0.782. The van der Waals surface area contributed by atoms with Crippen LogP contribution in [-0.4, -0.2) is 23.4 Å². The summed E-state index contributed by atoms with van der Waals surface area (Å²) in [6.45, 7) is 4.10. The number of aromatic nitrogens is 1. The summed E-state index contributed by atoms with van der Waals surface area (Å²) in [5.74, 6) is -0.330. The molecule has 1 atom stereocenters. The average molecular weight is 396 g/mol. The Morgan fingerprint density at radius 1 is 1.25 bits per heavy atom. The number of hydrogen-bond donors (Lipinski definition) is 3. The molecule has 3 aromatic rings. The monoisotopic (exact) mass is 396 g/mol. The van der Waals surface area contributed by atoms with E-state index in [0.29, 0.717) is 21.8 Å². The molecule has 0 saturated heterocycles. The maximum atomic E-state index is 12.6. The van der Waals surface area contributed by atoms with Gasteiger partial charge < -0.3 is 10.5 Å². The molecule has 4 rings (SSSR count). The van der Waals surface area contributed by atoms with E-state index in [9.17, 15) is 9.59 Å². The van der Waals surface area contributed by atoms with Gasteiger partial charge in [-0.1, -0.05) is 18.2 Å². The smallest absolute Gasteiger partial charge is 0.281 e. The second-order valence-corrected chi connectivity index (χ2v) is 7.87. The Hall–Kier alpha value is -3.13. The predicted molar refractivity (Wildman–Crippen MR) is 108 cm³/mol. The van der Waals surface area contributed by atoms with E-state index in [2.05, 4.69) is 15.8 Å². The molecule has 144 valence electrons. The van der Waals surface area contributed by atoms with Crippen LogP contribution in [0.5, 0.6) is 5.75 Å². The number of amides is 2. The lowest BCUT2D eigenvalue weighted by molar-refractivity contribution is -0.127. The van der Waals surface area contributed by atoms with E-state index < -0.39 is 5.91 Å². The molecule has 0 bridgehead atoms. The number of benzene rings is 1. The summed E-state index contributed by atoms with van der Waals surface area (Å²) < 4.78 is 5.63. The van der Waals surface area contributed by atoms with Gasteiger partial charge in [-0.2, -0.15) is 0 Å². The normalized spacial score (nSPS) is 15.6. The number of ether oxygens (including phenoxy) is 1. The van der Waals surface area contributed by atoms with Crippen molar-refractivity contribution in [3.63, 3.8) is 0 Å². The van der Waals surface area contributed by atoms with Crippen molar-refractivity contribution < 1.29 is 14.3 Å². The number of thiophene rings is 1. The van der Waals surface area contributed by atoms with E-state index in [-0.39, 0.29) is 18.4 Å². The van der Waals surface area contributed by atoms with E-state index in [1.54, 1.807) is 0 Å². The van der Waals surface area contributed by atoms with Gasteiger partial charge >= 0.3 is 0 Å². The molecule has 2 amide bonds. The molecule has 0 saturated carbocycles. The number of nitrogens with two attached hydrogens (primary N) is 1. The fourth-order valence-electron chi connectivity index (χ4n) is 3.41. The van der Waals surface area contributed by atoms with Crippen molar-refractivity contribution in [2.24, 2.45) is 5.92 Å². The van der Waals surface area contributed by atoms with Gasteiger partial charge in [0.05, 0.1) is 11.6 Å². The molecule has 28 heavy (non-hydrogen) atoms. The van der Waals surface area contributed by atoms with Crippen LogP contribution in [0.3, 0.4) is 0 Å². The summed E-state index contributed by atoms with van der Waals surface area (Å²) in [6, 6.07) is 9.55. The summed E-state index contributed by atoms with van der Waals surface area (Å²) in [7, 11) is 0. The Kier molecular flexibility index (Phi) is 4.64. The number of carbonyl (C=O) groups excluding carboxylic acids is 2. The summed E-state index contributed by atoms with van der Waals surface area (Å²) >= 11 is 1.21. The lowest BCUT2D eigenvalue weighted by Crippen LogP contribution is -2.47. The van der Waals surface area contributed by atoms with Crippen molar-refractivity contribution in [2.45, 2.75) is 20.3 Å². The number of anilines is 1. The molecule has 7 nitrogen and oxygen atoms in total. The minimum Gasteiger partial charge on any atom is -0.492 e. The molecule has 4 N–H and O–H groups in total. The second kappa shape index (κ2) is 7.12. The number of nitrogens with one attached hydrogen (secondary N) is 2. The number of rotatable bonds is 2. The molecule has 8 heteroatoms. The van der Waals surface area contributed by atoms with Crippen LogP contribution in [0.1, 0.15) is 26.5 Å². The highest BCUT2D eigenvalue weighted by molar-refractivity contribution is 7.21. The molecule has 3 heterocycles. The lowest BCUT2D eigenvalue weighted by Gasteiger charge is -2.24. The third kappa shape index (κ3) is 3.27. The van der Waals surface area contributed by atoms with Gasteiger partial charge in [0.1, 0.15) is 22.1 Å². The van der Waals surface area contributed by atoms with Crippen LogP contribution < -0.4 is 21.3 Å². The highest BCUT2D eigenvalue weighted by atomic mass is 32.1. The second-order valence-electron chi connectivity index (χ2n) is 6.87. The van der Waals surface area contributed by atoms with Crippen LogP contribution in [0.4, 0.5) is 5.69 Å². The van der Waals surface area contributed by atoms with Crippen molar-refractivity contribution in [3.05, 3.63) is 52.0 Å². The van der Waals surface area contributed by atoms with Gasteiger partial charge in [0.2, 0.25) is 5.91 Å². The first-order valence-electron chi connectivity index (χ1n) is 8.91. The predicted octanol–water partition coefficient (Wildman–Crippen LogP) is 2.51. The molecule has 0 spiro atoms. The highest BCUT2D eigenvalue weighted by Gasteiger charge is 2.27. The fourth-order valence-corrected chi connectivity index (χ4v) is 4.52. The summed E-state index contributed by atoms with van der Waals surface area (Å²) in [5.41, 5.74) is 14.3. The minimum atomic E-state index is -0.456. The van der Waals surface area contributed by atoms with Crippen LogP contribution in [-0.2, 0) is 11.2 Å². The van der Waals surface area contributed by atoms with E-state index in [0.717, 1.165) is 28.0 Å². The van der Waals surface area contributed by atoms with Crippen LogP contribution in [0, 0.1) is 19.8 Å². The van der Waals surface area contributed by atoms with Gasteiger partial charge in [-0.3, -0.25) is 20.4 Å².